The lowest BCUT2D eigenvalue weighted by atomic mass is 9.95. The van der Waals surface area contributed by atoms with E-state index in [1.54, 1.807) is 12.1 Å². The summed E-state index contributed by atoms with van der Waals surface area (Å²) in [5, 5.41) is 6.85. The quantitative estimate of drug-likeness (QED) is 0.285. The van der Waals surface area contributed by atoms with Crippen LogP contribution in [0, 0.1) is 12.7 Å². The minimum absolute atomic E-state index is 0.0942. The van der Waals surface area contributed by atoms with Crippen molar-refractivity contribution in [1.82, 2.24) is 19.5 Å². The molecule has 4 heterocycles. The number of rotatable bonds is 5. The van der Waals surface area contributed by atoms with Crippen molar-refractivity contribution in [2.24, 2.45) is 7.05 Å². The number of anilines is 2. The SMILES string of the molecule is C=CC(=O)Nc1ccc(-c2c3c4c(ncnc4n2C)NCc2c-3ccc(Oc3cccc(C)n3)c2F)cc1. The Kier molecular flexibility index (Phi) is 5.60. The van der Waals surface area contributed by atoms with Crippen LogP contribution < -0.4 is 15.4 Å². The van der Waals surface area contributed by atoms with Gasteiger partial charge in [0.2, 0.25) is 11.8 Å². The number of nitrogens with one attached hydrogen (secondary N) is 2. The van der Waals surface area contributed by atoms with Gasteiger partial charge in [0.1, 0.15) is 17.8 Å². The molecular weight excluding hydrogens is 483 g/mol. The molecule has 0 saturated carbocycles. The molecule has 0 spiro atoms. The number of ether oxygens (including phenoxy) is 1. The van der Waals surface area contributed by atoms with E-state index in [0.717, 1.165) is 33.5 Å². The number of hydrogen-bond acceptors (Lipinski definition) is 6. The standard InChI is InChI=1S/C29H23FN6O2/c1-4-22(37)35-18-10-8-17(9-11-18)27-24-19-12-13-21(38-23-7-5-6-16(2)34-23)26(30)20(19)14-31-28-25(24)29(36(27)3)33-15-32-28/h4-13,15H,1,14H2,2-3H3,(H,35,37)(H,31,32,33). The van der Waals surface area contributed by atoms with Gasteiger partial charge in [-0.1, -0.05) is 30.8 Å². The van der Waals surface area contributed by atoms with Crippen molar-refractivity contribution in [3.8, 4) is 34.0 Å². The van der Waals surface area contributed by atoms with Crippen LogP contribution in [0.4, 0.5) is 15.9 Å². The predicted molar refractivity (Wildman–Crippen MR) is 145 cm³/mol. The summed E-state index contributed by atoms with van der Waals surface area (Å²) in [5.41, 5.74) is 5.86. The number of aryl methyl sites for hydroxylation is 2. The fourth-order valence-corrected chi connectivity index (χ4v) is 4.84. The minimum atomic E-state index is -0.468. The van der Waals surface area contributed by atoms with Crippen molar-refractivity contribution in [3.05, 3.63) is 90.7 Å². The van der Waals surface area contributed by atoms with Crippen LogP contribution in [0.3, 0.4) is 0 Å². The smallest absolute Gasteiger partial charge is 0.247 e. The van der Waals surface area contributed by atoms with Crippen LogP contribution >= 0.6 is 0 Å². The van der Waals surface area contributed by atoms with Crippen molar-refractivity contribution < 1.29 is 13.9 Å². The van der Waals surface area contributed by atoms with Gasteiger partial charge in [0.05, 0.1) is 11.1 Å². The maximum atomic E-state index is 16.0. The molecule has 2 aromatic carbocycles. The van der Waals surface area contributed by atoms with E-state index >= 15 is 4.39 Å². The van der Waals surface area contributed by atoms with Crippen molar-refractivity contribution in [3.63, 3.8) is 0 Å². The third-order valence-corrected chi connectivity index (χ3v) is 6.57. The molecule has 1 aliphatic rings. The Labute approximate surface area is 217 Å². The number of hydrogen-bond donors (Lipinski definition) is 2. The first-order valence-corrected chi connectivity index (χ1v) is 12.0. The highest BCUT2D eigenvalue weighted by Crippen LogP contribution is 2.46. The molecule has 2 N–H and O–H groups in total. The molecule has 8 nitrogen and oxygen atoms in total. The number of benzene rings is 2. The van der Waals surface area contributed by atoms with Crippen LogP contribution in [-0.2, 0) is 18.4 Å². The van der Waals surface area contributed by atoms with Gasteiger partial charge in [0, 0.05) is 42.2 Å². The lowest BCUT2D eigenvalue weighted by Gasteiger charge is -2.15. The first kappa shape index (κ1) is 23.4. The van der Waals surface area contributed by atoms with E-state index in [1.807, 2.05) is 61.0 Å². The zero-order chi connectivity index (χ0) is 26.4. The van der Waals surface area contributed by atoms with E-state index in [4.69, 9.17) is 4.74 Å². The van der Waals surface area contributed by atoms with Gasteiger partial charge in [-0.15, -0.1) is 0 Å². The number of aromatic nitrogens is 4. The number of amides is 1. The first-order valence-electron chi connectivity index (χ1n) is 12.0. The topological polar surface area (TPSA) is 94.0 Å². The zero-order valence-electron chi connectivity index (χ0n) is 20.7. The van der Waals surface area contributed by atoms with E-state index in [1.165, 1.54) is 12.4 Å². The molecule has 3 aromatic heterocycles. The average molecular weight is 507 g/mol. The van der Waals surface area contributed by atoms with Gasteiger partial charge < -0.3 is 19.9 Å². The van der Waals surface area contributed by atoms with Gasteiger partial charge >= 0.3 is 0 Å². The molecule has 1 amide bonds. The van der Waals surface area contributed by atoms with Gasteiger partial charge in [0.25, 0.3) is 0 Å². The molecule has 0 bridgehead atoms. The molecule has 38 heavy (non-hydrogen) atoms. The lowest BCUT2D eigenvalue weighted by Crippen LogP contribution is -2.07. The average Bonchev–Trinajstić information content (AvgIpc) is 3.11. The second-order valence-electron chi connectivity index (χ2n) is 8.95. The Morgan fingerprint density at radius 3 is 2.74 bits per heavy atom. The molecule has 0 radical (unpaired) electrons. The Balaban J connectivity index is 1.52. The number of halogens is 1. The number of fused-ring (bicyclic) bond motifs is 2. The van der Waals surface area contributed by atoms with Crippen LogP contribution in [0.15, 0.2) is 73.6 Å². The first-order chi connectivity index (χ1) is 18.4. The van der Waals surface area contributed by atoms with E-state index < -0.39 is 5.82 Å². The van der Waals surface area contributed by atoms with Crippen LogP contribution in [0.1, 0.15) is 11.3 Å². The third-order valence-electron chi connectivity index (χ3n) is 6.57. The summed E-state index contributed by atoms with van der Waals surface area (Å²) in [6.07, 6.45) is 2.72. The number of carbonyl (C=O) groups excluding carboxylic acids is 1. The maximum Gasteiger partial charge on any atom is 0.247 e. The molecule has 0 fully saturated rings. The summed E-state index contributed by atoms with van der Waals surface area (Å²) >= 11 is 0. The molecule has 5 aromatic rings. The van der Waals surface area contributed by atoms with Crippen LogP contribution in [0.25, 0.3) is 33.4 Å². The number of carbonyl (C=O) groups is 1. The van der Waals surface area contributed by atoms with Gasteiger partial charge in [0.15, 0.2) is 11.6 Å². The molecule has 0 unspecified atom stereocenters. The fourth-order valence-electron chi connectivity index (χ4n) is 4.84. The van der Waals surface area contributed by atoms with Gasteiger partial charge in [-0.05, 0) is 48.4 Å². The van der Waals surface area contributed by atoms with Gasteiger partial charge in [-0.2, -0.15) is 0 Å². The fraction of sp³-hybridized carbons (Fsp3) is 0.103. The molecule has 0 saturated heterocycles. The van der Waals surface area contributed by atoms with Crippen LogP contribution in [-0.4, -0.2) is 25.4 Å². The Hall–Kier alpha value is -5.05. The molecular formula is C29H23FN6O2. The predicted octanol–water partition coefficient (Wildman–Crippen LogP) is 5.99. The molecule has 1 aliphatic heterocycles. The van der Waals surface area contributed by atoms with E-state index in [0.29, 0.717) is 28.6 Å². The molecule has 9 heteroatoms. The van der Waals surface area contributed by atoms with Gasteiger partial charge in [-0.3, -0.25) is 4.79 Å². The summed E-state index contributed by atoms with van der Waals surface area (Å²) in [6.45, 7) is 5.56. The zero-order valence-corrected chi connectivity index (χ0v) is 20.7. The Bertz CT molecular complexity index is 1740. The minimum Gasteiger partial charge on any atom is -0.436 e. The summed E-state index contributed by atoms with van der Waals surface area (Å²) < 4.78 is 23.8. The maximum absolute atomic E-state index is 16.0. The second-order valence-corrected chi connectivity index (χ2v) is 8.95. The summed E-state index contributed by atoms with van der Waals surface area (Å²) in [6, 6.07) is 16.3. The highest BCUT2D eigenvalue weighted by molar-refractivity contribution is 6.09. The molecule has 0 aliphatic carbocycles. The van der Waals surface area contributed by atoms with Crippen molar-refractivity contribution in [2.45, 2.75) is 13.5 Å². The summed E-state index contributed by atoms with van der Waals surface area (Å²) in [4.78, 5) is 25.0. The molecule has 0 atom stereocenters. The molecule has 6 rings (SSSR count). The number of nitrogens with zero attached hydrogens (tertiary/aromatic N) is 4. The largest absolute Gasteiger partial charge is 0.436 e. The second kappa shape index (κ2) is 9.11. The Morgan fingerprint density at radius 1 is 1.16 bits per heavy atom. The Morgan fingerprint density at radius 2 is 1.97 bits per heavy atom. The van der Waals surface area contributed by atoms with E-state index in [2.05, 4.69) is 32.2 Å². The van der Waals surface area contributed by atoms with E-state index in [-0.39, 0.29) is 18.2 Å². The summed E-state index contributed by atoms with van der Waals surface area (Å²) in [5.74, 6) is 0.288. The van der Waals surface area contributed by atoms with Crippen molar-refractivity contribution in [2.75, 3.05) is 10.6 Å². The highest BCUT2D eigenvalue weighted by atomic mass is 19.1. The van der Waals surface area contributed by atoms with Crippen molar-refractivity contribution >= 4 is 28.4 Å². The third kappa shape index (κ3) is 3.85. The van der Waals surface area contributed by atoms with Crippen molar-refractivity contribution in [1.29, 1.82) is 0 Å². The number of pyridine rings is 1. The van der Waals surface area contributed by atoms with Crippen LogP contribution in [0.5, 0.6) is 11.6 Å². The van der Waals surface area contributed by atoms with Gasteiger partial charge in [-0.25, -0.2) is 19.3 Å². The normalized spacial score (nSPS) is 11.9. The monoisotopic (exact) mass is 506 g/mol. The van der Waals surface area contributed by atoms with E-state index in [9.17, 15) is 4.79 Å². The van der Waals surface area contributed by atoms with Crippen LogP contribution in [0.2, 0.25) is 0 Å². The molecule has 188 valence electrons. The highest BCUT2D eigenvalue weighted by Gasteiger charge is 2.29. The lowest BCUT2D eigenvalue weighted by molar-refractivity contribution is -0.111. The summed E-state index contributed by atoms with van der Waals surface area (Å²) in [7, 11) is 1.92.